The standard InChI is InChI=1S/C18H31N3/c1-4-12-19-18(16-8-6-5-7-9-16)15-21(3)17-10-13-20(2)14-11-17/h5-9,17-19H,4,10-15H2,1-3H3. The van der Waals surface area contributed by atoms with E-state index in [0.717, 1.165) is 19.1 Å². The van der Waals surface area contributed by atoms with Crippen molar-refractivity contribution >= 4 is 0 Å². The fourth-order valence-corrected chi connectivity index (χ4v) is 3.16. The van der Waals surface area contributed by atoms with Crippen LogP contribution >= 0.6 is 0 Å². The number of piperidine rings is 1. The van der Waals surface area contributed by atoms with E-state index in [1.54, 1.807) is 0 Å². The molecule has 0 spiro atoms. The normalized spacial score (nSPS) is 19.0. The quantitative estimate of drug-likeness (QED) is 0.833. The van der Waals surface area contributed by atoms with Crippen molar-refractivity contribution in [2.45, 2.75) is 38.3 Å². The van der Waals surface area contributed by atoms with Crippen molar-refractivity contribution in [1.29, 1.82) is 0 Å². The summed E-state index contributed by atoms with van der Waals surface area (Å²) in [6, 6.07) is 12.1. The van der Waals surface area contributed by atoms with Crippen LogP contribution in [0.2, 0.25) is 0 Å². The molecule has 3 nitrogen and oxygen atoms in total. The zero-order valence-corrected chi connectivity index (χ0v) is 13.9. The zero-order chi connectivity index (χ0) is 15.1. The van der Waals surface area contributed by atoms with Gasteiger partial charge in [0.1, 0.15) is 0 Å². The summed E-state index contributed by atoms with van der Waals surface area (Å²) in [5.74, 6) is 0. The number of hydrogen-bond donors (Lipinski definition) is 1. The molecular formula is C18H31N3. The maximum Gasteiger partial charge on any atom is 0.0449 e. The molecule has 0 amide bonds. The van der Waals surface area contributed by atoms with Gasteiger partial charge in [-0.25, -0.2) is 0 Å². The van der Waals surface area contributed by atoms with Crippen LogP contribution in [0.25, 0.3) is 0 Å². The first-order chi connectivity index (χ1) is 10.2. The first-order valence-electron chi connectivity index (χ1n) is 8.37. The third-order valence-corrected chi connectivity index (χ3v) is 4.62. The molecule has 1 aromatic carbocycles. The summed E-state index contributed by atoms with van der Waals surface area (Å²) in [7, 11) is 4.52. The summed E-state index contributed by atoms with van der Waals surface area (Å²) in [5.41, 5.74) is 1.41. The van der Waals surface area contributed by atoms with Gasteiger partial charge in [0, 0.05) is 18.6 Å². The van der Waals surface area contributed by atoms with Crippen LogP contribution in [-0.2, 0) is 0 Å². The highest BCUT2D eigenvalue weighted by atomic mass is 15.2. The van der Waals surface area contributed by atoms with Gasteiger partial charge in [-0.3, -0.25) is 0 Å². The van der Waals surface area contributed by atoms with Gasteiger partial charge in [-0.2, -0.15) is 0 Å². The Morgan fingerprint density at radius 2 is 1.90 bits per heavy atom. The van der Waals surface area contributed by atoms with E-state index in [4.69, 9.17) is 0 Å². The minimum Gasteiger partial charge on any atom is -0.309 e. The molecule has 1 aliphatic rings. The van der Waals surface area contributed by atoms with Gasteiger partial charge in [0.2, 0.25) is 0 Å². The number of nitrogens with zero attached hydrogens (tertiary/aromatic N) is 2. The predicted octanol–water partition coefficient (Wildman–Crippen LogP) is 2.75. The smallest absolute Gasteiger partial charge is 0.0449 e. The molecule has 2 rings (SSSR count). The maximum atomic E-state index is 3.71. The van der Waals surface area contributed by atoms with Gasteiger partial charge >= 0.3 is 0 Å². The Bertz CT molecular complexity index is 385. The van der Waals surface area contributed by atoms with Gasteiger partial charge in [0.25, 0.3) is 0 Å². The first kappa shape index (κ1) is 16.5. The summed E-state index contributed by atoms with van der Waals surface area (Å²) >= 11 is 0. The number of hydrogen-bond acceptors (Lipinski definition) is 3. The van der Waals surface area contributed by atoms with E-state index in [1.165, 1.54) is 37.9 Å². The number of likely N-dealkylation sites (tertiary alicyclic amines) is 1. The number of benzene rings is 1. The average molecular weight is 289 g/mol. The maximum absolute atomic E-state index is 3.71. The van der Waals surface area contributed by atoms with E-state index in [-0.39, 0.29) is 0 Å². The van der Waals surface area contributed by atoms with E-state index in [1.807, 2.05) is 0 Å². The largest absolute Gasteiger partial charge is 0.309 e. The Balaban J connectivity index is 1.94. The number of rotatable bonds is 7. The summed E-state index contributed by atoms with van der Waals surface area (Å²) in [6.07, 6.45) is 3.77. The van der Waals surface area contributed by atoms with Gasteiger partial charge in [0.15, 0.2) is 0 Å². The molecule has 21 heavy (non-hydrogen) atoms. The minimum absolute atomic E-state index is 0.441. The fourth-order valence-electron chi connectivity index (χ4n) is 3.16. The molecule has 3 heteroatoms. The summed E-state index contributed by atoms with van der Waals surface area (Å²) < 4.78 is 0. The Labute approximate surface area is 130 Å². The molecule has 0 aliphatic carbocycles. The molecule has 0 radical (unpaired) electrons. The lowest BCUT2D eigenvalue weighted by atomic mass is 10.0. The highest BCUT2D eigenvalue weighted by molar-refractivity contribution is 5.19. The molecule has 1 unspecified atom stereocenters. The molecule has 1 heterocycles. The first-order valence-corrected chi connectivity index (χ1v) is 8.37. The zero-order valence-electron chi connectivity index (χ0n) is 13.9. The predicted molar refractivity (Wildman–Crippen MR) is 90.6 cm³/mol. The van der Waals surface area contributed by atoms with Crippen LogP contribution in [-0.4, -0.2) is 56.1 Å². The number of likely N-dealkylation sites (N-methyl/N-ethyl adjacent to an activating group) is 1. The minimum atomic E-state index is 0.441. The lowest BCUT2D eigenvalue weighted by Crippen LogP contribution is -2.44. The van der Waals surface area contributed by atoms with Crippen molar-refractivity contribution < 1.29 is 0 Å². The van der Waals surface area contributed by atoms with E-state index in [2.05, 4.69) is 66.5 Å². The van der Waals surface area contributed by atoms with E-state index in [9.17, 15) is 0 Å². The van der Waals surface area contributed by atoms with Crippen LogP contribution in [0.15, 0.2) is 30.3 Å². The topological polar surface area (TPSA) is 18.5 Å². The molecule has 1 aliphatic heterocycles. The van der Waals surface area contributed by atoms with Crippen molar-refractivity contribution in [2.24, 2.45) is 0 Å². The van der Waals surface area contributed by atoms with Gasteiger partial charge < -0.3 is 15.1 Å². The van der Waals surface area contributed by atoms with E-state index < -0.39 is 0 Å². The van der Waals surface area contributed by atoms with Crippen LogP contribution in [0.3, 0.4) is 0 Å². The number of nitrogens with one attached hydrogen (secondary N) is 1. The highest BCUT2D eigenvalue weighted by Gasteiger charge is 2.23. The van der Waals surface area contributed by atoms with Gasteiger partial charge in [-0.05, 0) is 58.6 Å². The van der Waals surface area contributed by atoms with Crippen LogP contribution in [0.5, 0.6) is 0 Å². The van der Waals surface area contributed by atoms with Crippen LogP contribution in [0.1, 0.15) is 37.8 Å². The molecule has 1 atom stereocenters. The van der Waals surface area contributed by atoms with Gasteiger partial charge in [-0.1, -0.05) is 37.3 Å². The van der Waals surface area contributed by atoms with Gasteiger partial charge in [-0.15, -0.1) is 0 Å². The highest BCUT2D eigenvalue weighted by Crippen LogP contribution is 2.19. The van der Waals surface area contributed by atoms with Gasteiger partial charge in [0.05, 0.1) is 0 Å². The summed E-state index contributed by atoms with van der Waals surface area (Å²) in [6.45, 7) is 6.87. The lowest BCUT2D eigenvalue weighted by Gasteiger charge is -2.37. The Hall–Kier alpha value is -0.900. The molecule has 1 saturated heterocycles. The van der Waals surface area contributed by atoms with Crippen molar-refractivity contribution in [3.05, 3.63) is 35.9 Å². The molecule has 118 valence electrons. The Morgan fingerprint density at radius 3 is 2.52 bits per heavy atom. The average Bonchev–Trinajstić information content (AvgIpc) is 2.52. The molecule has 1 N–H and O–H groups in total. The second-order valence-electron chi connectivity index (χ2n) is 6.39. The molecule has 1 fully saturated rings. The Kier molecular flexibility index (Phi) is 6.68. The second-order valence-corrected chi connectivity index (χ2v) is 6.39. The lowest BCUT2D eigenvalue weighted by molar-refractivity contribution is 0.134. The van der Waals surface area contributed by atoms with Crippen molar-refractivity contribution in [2.75, 3.05) is 40.3 Å². The van der Waals surface area contributed by atoms with Crippen molar-refractivity contribution in [1.82, 2.24) is 15.1 Å². The molecular weight excluding hydrogens is 258 g/mol. The third-order valence-electron chi connectivity index (χ3n) is 4.62. The molecule has 1 aromatic rings. The van der Waals surface area contributed by atoms with E-state index >= 15 is 0 Å². The van der Waals surface area contributed by atoms with E-state index in [0.29, 0.717) is 6.04 Å². The monoisotopic (exact) mass is 289 g/mol. The Morgan fingerprint density at radius 1 is 1.24 bits per heavy atom. The van der Waals surface area contributed by atoms with Crippen molar-refractivity contribution in [3.63, 3.8) is 0 Å². The van der Waals surface area contributed by atoms with Crippen LogP contribution in [0, 0.1) is 0 Å². The molecule has 0 aromatic heterocycles. The summed E-state index contributed by atoms with van der Waals surface area (Å²) in [4.78, 5) is 5.00. The van der Waals surface area contributed by atoms with Crippen LogP contribution < -0.4 is 5.32 Å². The fraction of sp³-hybridized carbons (Fsp3) is 0.667. The van der Waals surface area contributed by atoms with Crippen LogP contribution in [0.4, 0.5) is 0 Å². The third kappa shape index (κ3) is 5.10. The summed E-state index contributed by atoms with van der Waals surface area (Å²) in [5, 5.41) is 3.71. The molecule has 0 saturated carbocycles. The second kappa shape index (κ2) is 8.52. The molecule has 0 bridgehead atoms. The SMILES string of the molecule is CCCNC(CN(C)C1CCN(C)CC1)c1ccccc1. The van der Waals surface area contributed by atoms with Crippen molar-refractivity contribution in [3.8, 4) is 0 Å².